The fourth-order valence-electron chi connectivity index (χ4n) is 6.49. The molecule has 0 atom stereocenters. The molecule has 166 valence electrons. The molecule has 0 radical (unpaired) electrons. The highest BCUT2D eigenvalue weighted by molar-refractivity contribution is 6.23. The van der Waals surface area contributed by atoms with E-state index in [1.54, 1.807) is 0 Å². The molecule has 5 aromatic carbocycles. The molecule has 2 heterocycles. The van der Waals surface area contributed by atoms with E-state index in [9.17, 15) is 4.39 Å². The third-order valence-electron chi connectivity index (χ3n) is 8.04. The molecule has 0 unspecified atom stereocenters. The zero-order valence-electron chi connectivity index (χ0n) is 19.4. The van der Waals surface area contributed by atoms with Gasteiger partial charge in [-0.1, -0.05) is 68.4 Å². The monoisotopic (exact) mass is 452 g/mol. The Morgan fingerprint density at radius 3 is 2.34 bits per heavy atom. The van der Waals surface area contributed by atoms with E-state index in [0.717, 1.165) is 16.6 Å². The highest BCUT2D eigenvalue weighted by atomic mass is 19.1. The van der Waals surface area contributed by atoms with Gasteiger partial charge in [0, 0.05) is 21.6 Å². The van der Waals surface area contributed by atoms with E-state index in [4.69, 9.17) is 5.10 Å². The third-order valence-corrected chi connectivity index (χ3v) is 8.04. The van der Waals surface area contributed by atoms with E-state index in [1.165, 1.54) is 66.8 Å². The molecular weight excluding hydrogens is 431 g/mol. The van der Waals surface area contributed by atoms with Crippen LogP contribution in [0, 0.1) is 5.82 Å². The highest BCUT2D eigenvalue weighted by Crippen LogP contribution is 2.54. The van der Waals surface area contributed by atoms with Gasteiger partial charge in [-0.25, -0.2) is 8.91 Å². The van der Waals surface area contributed by atoms with Crippen LogP contribution in [-0.2, 0) is 5.41 Å². The first-order valence-electron chi connectivity index (χ1n) is 12.0. The molecule has 8 rings (SSSR count). The van der Waals surface area contributed by atoms with Gasteiger partial charge >= 0.3 is 0 Å². The van der Waals surface area contributed by atoms with Gasteiger partial charge in [-0.3, -0.25) is 0 Å². The lowest BCUT2D eigenvalue weighted by atomic mass is 9.80. The third kappa shape index (κ3) is 2.30. The van der Waals surface area contributed by atoms with Crippen molar-refractivity contribution in [3.05, 3.63) is 108 Å². The number of halogens is 1. The number of rotatable bonds is 1. The molecule has 2 nitrogen and oxygen atoms in total. The smallest absolute Gasteiger partial charge is 0.123 e. The highest BCUT2D eigenvalue weighted by Gasteiger charge is 2.38. The van der Waals surface area contributed by atoms with Gasteiger partial charge < -0.3 is 0 Å². The summed E-state index contributed by atoms with van der Waals surface area (Å²) in [4.78, 5) is 0. The first kappa shape index (κ1) is 19.1. The molecule has 2 aromatic heterocycles. The van der Waals surface area contributed by atoms with Gasteiger partial charge in [0.2, 0.25) is 0 Å². The molecule has 3 heteroatoms. The number of aromatic nitrogens is 2. The minimum absolute atomic E-state index is 0.151. The molecule has 0 bridgehead atoms. The Kier molecular flexibility index (Phi) is 3.41. The zero-order valence-corrected chi connectivity index (χ0v) is 19.4. The van der Waals surface area contributed by atoms with Gasteiger partial charge in [0.25, 0.3) is 0 Å². The molecule has 0 N–H and O–H groups in total. The maximum absolute atomic E-state index is 13.6. The second kappa shape index (κ2) is 6.25. The van der Waals surface area contributed by atoms with E-state index in [-0.39, 0.29) is 11.2 Å². The standard InChI is InChI=1S/C32H21FN2/c1-32(2)27-14-11-20(18-9-12-21(33)13-10-18)15-23(27)24-16-25-22-7-3-5-19-6-4-8-28(29(19)22)35-31(25)26(17-34-35)30(24)32/h3-17H,1-2H3. The lowest BCUT2D eigenvalue weighted by molar-refractivity contribution is 0.628. The first-order valence-corrected chi connectivity index (χ1v) is 12.0. The van der Waals surface area contributed by atoms with Crippen molar-refractivity contribution in [2.45, 2.75) is 19.3 Å². The van der Waals surface area contributed by atoms with Gasteiger partial charge in [-0.2, -0.15) is 5.10 Å². The van der Waals surface area contributed by atoms with Crippen LogP contribution in [0.25, 0.3) is 60.2 Å². The number of nitrogens with zero attached hydrogens (tertiary/aromatic N) is 2. The van der Waals surface area contributed by atoms with Gasteiger partial charge in [-0.05, 0) is 74.5 Å². The number of hydrogen-bond acceptors (Lipinski definition) is 1. The van der Waals surface area contributed by atoms with Crippen LogP contribution in [0.15, 0.2) is 91.1 Å². The minimum atomic E-state index is -0.214. The van der Waals surface area contributed by atoms with Crippen molar-refractivity contribution in [1.82, 2.24) is 9.61 Å². The molecule has 0 amide bonds. The molecule has 0 spiro atoms. The van der Waals surface area contributed by atoms with Crippen LogP contribution >= 0.6 is 0 Å². The summed E-state index contributed by atoms with van der Waals surface area (Å²) in [7, 11) is 0. The molecule has 0 saturated heterocycles. The van der Waals surface area contributed by atoms with Gasteiger partial charge in [0.15, 0.2) is 0 Å². The molecule has 0 saturated carbocycles. The lowest BCUT2D eigenvalue weighted by Crippen LogP contribution is -2.15. The number of fused-ring (bicyclic) bond motifs is 6. The van der Waals surface area contributed by atoms with Crippen molar-refractivity contribution in [2.24, 2.45) is 0 Å². The number of pyridine rings is 1. The average molecular weight is 453 g/mol. The molecule has 35 heavy (non-hydrogen) atoms. The molecule has 0 aliphatic heterocycles. The van der Waals surface area contributed by atoms with E-state index in [2.05, 4.69) is 85.2 Å². The van der Waals surface area contributed by atoms with Gasteiger partial charge in [0.1, 0.15) is 5.82 Å². The van der Waals surface area contributed by atoms with Crippen LogP contribution in [0.2, 0.25) is 0 Å². The van der Waals surface area contributed by atoms with E-state index in [0.29, 0.717) is 0 Å². The van der Waals surface area contributed by atoms with Crippen LogP contribution in [0.5, 0.6) is 0 Å². The zero-order chi connectivity index (χ0) is 23.5. The number of benzene rings is 5. The number of hydrogen-bond donors (Lipinski definition) is 0. The van der Waals surface area contributed by atoms with Crippen LogP contribution < -0.4 is 0 Å². The summed E-state index contributed by atoms with van der Waals surface area (Å²) in [5.41, 5.74) is 9.48. The maximum Gasteiger partial charge on any atom is 0.123 e. The minimum Gasteiger partial charge on any atom is -0.232 e. The van der Waals surface area contributed by atoms with E-state index < -0.39 is 0 Å². The normalized spacial score (nSPS) is 14.4. The molecule has 7 aromatic rings. The fourth-order valence-corrected chi connectivity index (χ4v) is 6.49. The first-order chi connectivity index (χ1) is 17.0. The Labute approximate surface area is 201 Å². The van der Waals surface area contributed by atoms with Crippen LogP contribution in [0.3, 0.4) is 0 Å². The molecule has 0 fully saturated rings. The van der Waals surface area contributed by atoms with Crippen LogP contribution in [0.1, 0.15) is 25.0 Å². The molecular formula is C32H21FN2. The Morgan fingerprint density at radius 1 is 0.743 bits per heavy atom. The van der Waals surface area contributed by atoms with E-state index in [1.807, 2.05) is 12.1 Å². The second-order valence-electron chi connectivity index (χ2n) is 10.2. The average Bonchev–Trinajstić information content (AvgIpc) is 3.40. The summed E-state index contributed by atoms with van der Waals surface area (Å²) in [6.45, 7) is 4.62. The summed E-state index contributed by atoms with van der Waals surface area (Å²) in [5.74, 6) is -0.214. The largest absolute Gasteiger partial charge is 0.232 e. The van der Waals surface area contributed by atoms with Crippen molar-refractivity contribution in [2.75, 3.05) is 0 Å². The Hall–Kier alpha value is -4.24. The van der Waals surface area contributed by atoms with Gasteiger partial charge in [-0.15, -0.1) is 0 Å². The summed E-state index contributed by atoms with van der Waals surface area (Å²) in [5, 5.41) is 11.1. The van der Waals surface area contributed by atoms with Gasteiger partial charge in [0.05, 0.1) is 17.2 Å². The van der Waals surface area contributed by atoms with Crippen molar-refractivity contribution in [3.8, 4) is 22.3 Å². The fraction of sp³-hybridized carbons (Fsp3) is 0.0938. The Morgan fingerprint density at radius 2 is 1.51 bits per heavy atom. The maximum atomic E-state index is 13.6. The summed E-state index contributed by atoms with van der Waals surface area (Å²) in [6.07, 6.45) is 2.05. The van der Waals surface area contributed by atoms with Crippen molar-refractivity contribution < 1.29 is 4.39 Å². The molecule has 1 aliphatic rings. The Bertz CT molecular complexity index is 1970. The predicted molar refractivity (Wildman–Crippen MR) is 142 cm³/mol. The Balaban J connectivity index is 1.52. The van der Waals surface area contributed by atoms with Crippen LogP contribution in [-0.4, -0.2) is 9.61 Å². The predicted octanol–water partition coefficient (Wildman–Crippen LogP) is 8.34. The summed E-state index contributed by atoms with van der Waals surface area (Å²) < 4.78 is 15.7. The molecule has 1 aliphatic carbocycles. The SMILES string of the molecule is CC1(C)c2ccc(-c3ccc(F)cc3)cc2-c2cc3c4cccc5cccc(c54)n4ncc(c21)c34. The lowest BCUT2D eigenvalue weighted by Gasteiger charge is -2.23. The van der Waals surface area contributed by atoms with Crippen molar-refractivity contribution in [1.29, 1.82) is 0 Å². The van der Waals surface area contributed by atoms with Crippen LogP contribution in [0.4, 0.5) is 4.39 Å². The quantitative estimate of drug-likeness (QED) is 0.181. The summed E-state index contributed by atoms with van der Waals surface area (Å²) in [6, 6.07) is 28.8. The van der Waals surface area contributed by atoms with Crippen molar-refractivity contribution >= 4 is 38.0 Å². The van der Waals surface area contributed by atoms with Crippen molar-refractivity contribution in [3.63, 3.8) is 0 Å². The van der Waals surface area contributed by atoms with E-state index >= 15 is 0 Å². The summed E-state index contributed by atoms with van der Waals surface area (Å²) >= 11 is 0. The topological polar surface area (TPSA) is 17.3 Å². The second-order valence-corrected chi connectivity index (χ2v) is 10.2.